The van der Waals surface area contributed by atoms with Gasteiger partial charge < -0.3 is 0 Å². The quantitative estimate of drug-likeness (QED) is 0.404. The molecule has 0 heterocycles. The van der Waals surface area contributed by atoms with E-state index in [2.05, 4.69) is 0 Å². The summed E-state index contributed by atoms with van der Waals surface area (Å²) in [6.45, 7) is 0. The Hall–Kier alpha value is 2.95. The first-order valence-corrected chi connectivity index (χ1v) is 0. The number of hydrogen-bond donors (Lipinski definition) is 0. The van der Waals surface area contributed by atoms with Crippen molar-refractivity contribution >= 4 is 52.2 Å². The van der Waals surface area contributed by atoms with E-state index in [9.17, 15) is 0 Å². The van der Waals surface area contributed by atoms with Gasteiger partial charge in [0.25, 0.3) is 0 Å². The summed E-state index contributed by atoms with van der Waals surface area (Å²) >= 11 is 0. The third-order valence-electron chi connectivity index (χ3n) is 0. The van der Waals surface area contributed by atoms with Gasteiger partial charge in [0.15, 0.2) is 17.4 Å². The third kappa shape index (κ3) is 19.6. The van der Waals surface area contributed by atoms with Crippen LogP contribution in [0.4, 0.5) is 0 Å². The molecule has 0 atom stereocenters. The molecule has 5 heteroatoms. The molecule has 0 rings (SSSR count). The molecule has 0 aliphatic carbocycles. The van der Waals surface area contributed by atoms with Crippen LogP contribution in [0.5, 0.6) is 0 Å². The van der Waals surface area contributed by atoms with Crippen molar-refractivity contribution < 1.29 is 42.8 Å². The molecule has 0 saturated carbocycles. The van der Waals surface area contributed by atoms with Crippen molar-refractivity contribution in [2.24, 2.45) is 0 Å². The van der Waals surface area contributed by atoms with Crippen LogP contribution >= 0.6 is 0 Å². The molecular weight excluding hydrogens is 318 g/mol. The second-order valence-electron chi connectivity index (χ2n) is 0. The summed E-state index contributed by atoms with van der Waals surface area (Å²) in [5.74, 6) is 0. The monoisotopic (exact) mass is 330 g/mol. The normalized spacial score (nSPS) is 0. The molecule has 0 aromatic carbocycles. The van der Waals surface area contributed by atoms with Crippen molar-refractivity contribution in [2.75, 3.05) is 0 Å². The van der Waals surface area contributed by atoms with Crippen molar-refractivity contribution in [1.29, 1.82) is 0 Å². The average molecular weight is 327 g/mol. The Morgan fingerprint density at radius 3 is 1.00 bits per heavy atom. The average Bonchev–Trinajstić information content (AvgIpc) is 0. The van der Waals surface area contributed by atoms with Gasteiger partial charge in [-0.2, -0.15) is 0 Å². The predicted octanol–water partition coefficient (Wildman–Crippen LogP) is -3.56. The maximum absolute atomic E-state index is 0. The largest absolute Gasteiger partial charge is 0 e. The van der Waals surface area contributed by atoms with Gasteiger partial charge in [-0.1, -0.05) is 0 Å². The number of hydrogen-bond acceptors (Lipinski definition) is 0. The molecule has 0 bridgehead atoms. The van der Waals surface area contributed by atoms with Gasteiger partial charge in [0.2, 0.25) is 0 Å². The predicted molar refractivity (Wildman–Crippen MR) is 29.8 cm³/mol. The van der Waals surface area contributed by atoms with E-state index in [1.165, 1.54) is 0 Å². The second-order valence-corrected chi connectivity index (χ2v) is 0. The molecule has 0 saturated heterocycles. The van der Waals surface area contributed by atoms with Crippen LogP contribution in [0.15, 0.2) is 0 Å². The van der Waals surface area contributed by atoms with E-state index in [0.29, 0.717) is 0 Å². The van der Waals surface area contributed by atoms with Gasteiger partial charge in [0, 0.05) is 42.8 Å². The molecule has 0 fully saturated rings. The zero-order valence-corrected chi connectivity index (χ0v) is 9.22. The van der Waals surface area contributed by atoms with Gasteiger partial charge in [0.05, 0.1) is 0 Å². The van der Waals surface area contributed by atoms with E-state index in [1.54, 1.807) is 0 Å². The van der Waals surface area contributed by atoms with E-state index in [-0.39, 0.29) is 95.0 Å². The minimum atomic E-state index is 0. The molecule has 0 aliphatic heterocycles. The molecule has 0 amide bonds. The fourth-order valence-electron chi connectivity index (χ4n) is 0. The minimum Gasteiger partial charge on any atom is 0 e. The van der Waals surface area contributed by atoms with E-state index in [1.807, 2.05) is 0 Å². The molecule has 0 nitrogen and oxygen atoms in total. The molecule has 5 heavy (non-hydrogen) atoms. The van der Waals surface area contributed by atoms with Crippen LogP contribution in [0.2, 0.25) is 0 Å². The van der Waals surface area contributed by atoms with Gasteiger partial charge in [-0.25, -0.2) is 0 Å². The first-order chi connectivity index (χ1) is 0. The Bertz CT molecular complexity index is 11.6. The summed E-state index contributed by atoms with van der Waals surface area (Å²) in [6, 6.07) is 0. The van der Waals surface area contributed by atoms with Crippen LogP contribution in [-0.4, -0.2) is 52.2 Å². The Kier molecular flexibility index (Phi) is 249. The summed E-state index contributed by atoms with van der Waals surface area (Å²) in [6.07, 6.45) is 0. The van der Waals surface area contributed by atoms with Crippen LogP contribution in [0, 0.1) is 0 Å². The summed E-state index contributed by atoms with van der Waals surface area (Å²) < 4.78 is 0. The van der Waals surface area contributed by atoms with Crippen LogP contribution < -0.4 is 0 Å². The summed E-state index contributed by atoms with van der Waals surface area (Å²) in [5.41, 5.74) is 0. The van der Waals surface area contributed by atoms with E-state index in [4.69, 9.17) is 0 Å². The van der Waals surface area contributed by atoms with E-state index >= 15 is 0 Å². The SMILES string of the molecule is [AlH3].[Mo].[SiH4].[SnH2].[Ti]. The van der Waals surface area contributed by atoms with Crippen molar-refractivity contribution in [2.45, 2.75) is 0 Å². The van der Waals surface area contributed by atoms with Gasteiger partial charge in [-0.3, -0.25) is 0 Å². The van der Waals surface area contributed by atoms with Crippen molar-refractivity contribution in [1.82, 2.24) is 0 Å². The molecular formula is H9AlMoSiSnTi. The van der Waals surface area contributed by atoms with Crippen molar-refractivity contribution in [3.8, 4) is 0 Å². The van der Waals surface area contributed by atoms with Crippen LogP contribution in [0.3, 0.4) is 0 Å². The minimum absolute atomic E-state index is 0. The summed E-state index contributed by atoms with van der Waals surface area (Å²) in [4.78, 5) is 0. The zero-order valence-electron chi connectivity index (χ0n) is 1.62. The summed E-state index contributed by atoms with van der Waals surface area (Å²) in [5, 5.41) is 0. The molecule has 0 aromatic rings. The second kappa shape index (κ2) is 28.3. The summed E-state index contributed by atoms with van der Waals surface area (Å²) in [7, 11) is 0. The topological polar surface area (TPSA) is 0 Å². The maximum atomic E-state index is 0. The molecule has 2 radical (unpaired) electrons. The Morgan fingerprint density at radius 2 is 1.00 bits per heavy atom. The van der Waals surface area contributed by atoms with Gasteiger partial charge >= 0.3 is 23.9 Å². The molecule has 0 N–H and O–H groups in total. The van der Waals surface area contributed by atoms with Crippen LogP contribution in [-0.2, 0) is 42.8 Å². The van der Waals surface area contributed by atoms with Crippen LogP contribution in [0.1, 0.15) is 0 Å². The van der Waals surface area contributed by atoms with Crippen molar-refractivity contribution in [3.05, 3.63) is 0 Å². The van der Waals surface area contributed by atoms with E-state index < -0.39 is 0 Å². The maximum Gasteiger partial charge on any atom is 0 e. The Morgan fingerprint density at radius 1 is 1.00 bits per heavy atom. The first-order valence-electron chi connectivity index (χ1n) is 0. The van der Waals surface area contributed by atoms with Gasteiger partial charge in [0.1, 0.15) is 0 Å². The molecule has 0 aromatic heterocycles. The fourth-order valence-corrected chi connectivity index (χ4v) is 0. The van der Waals surface area contributed by atoms with Crippen LogP contribution in [0.25, 0.3) is 0 Å². The zero-order chi connectivity index (χ0) is 0. The fraction of sp³-hybridized carbons (Fsp3) is 0. The standard InChI is InChI=1S/Al.Mo.H4Si.Sn.Ti.5H/h;;1H4;;;;;;;. The van der Waals surface area contributed by atoms with E-state index in [0.717, 1.165) is 0 Å². The molecule has 0 unspecified atom stereocenters. The molecule has 0 aliphatic rings. The molecule has 30 valence electrons. The van der Waals surface area contributed by atoms with Gasteiger partial charge in [-0.15, -0.1) is 0 Å². The van der Waals surface area contributed by atoms with Crippen molar-refractivity contribution in [3.63, 3.8) is 0 Å². The molecule has 0 spiro atoms. The Balaban J connectivity index is 0. The van der Waals surface area contributed by atoms with Gasteiger partial charge in [-0.05, 0) is 11.0 Å². The number of rotatable bonds is 0. The smallest absolute Gasteiger partial charge is 0 e. The Labute approximate surface area is 93.5 Å². The third-order valence-corrected chi connectivity index (χ3v) is 0. The first kappa shape index (κ1) is 44.1.